The fourth-order valence-corrected chi connectivity index (χ4v) is 4.29. The van der Waals surface area contributed by atoms with E-state index in [2.05, 4.69) is 33.0 Å². The Bertz CT molecular complexity index is 616. The highest BCUT2D eigenvalue weighted by Crippen LogP contribution is 2.40. The van der Waals surface area contributed by atoms with E-state index in [1.54, 1.807) is 0 Å². The third-order valence-electron chi connectivity index (χ3n) is 5.80. The number of aromatic nitrogens is 2. The molecule has 0 atom stereocenters. The largest absolute Gasteiger partial charge is 0.352 e. The van der Waals surface area contributed by atoms with Crippen molar-refractivity contribution in [1.82, 2.24) is 15.1 Å². The number of nitrogens with zero attached hydrogens (tertiary/aromatic N) is 4. The summed E-state index contributed by atoms with van der Waals surface area (Å²) in [5.41, 5.74) is 4.22. The summed E-state index contributed by atoms with van der Waals surface area (Å²) in [6.45, 7) is 5.28. The van der Waals surface area contributed by atoms with Crippen LogP contribution in [0.3, 0.4) is 0 Å². The lowest BCUT2D eigenvalue weighted by Crippen LogP contribution is -2.45. The summed E-state index contributed by atoms with van der Waals surface area (Å²) in [4.78, 5) is 9.26. The summed E-state index contributed by atoms with van der Waals surface area (Å²) in [5, 5.41) is 8.27. The van der Waals surface area contributed by atoms with Gasteiger partial charge in [-0.25, -0.2) is 0 Å². The number of aliphatic imine (C=N–C) groups is 1. The molecule has 1 aliphatic carbocycles. The van der Waals surface area contributed by atoms with Crippen molar-refractivity contribution >= 4 is 17.6 Å². The van der Waals surface area contributed by atoms with E-state index in [9.17, 15) is 0 Å². The van der Waals surface area contributed by atoms with Crippen LogP contribution < -0.4 is 4.90 Å². The Kier molecular flexibility index (Phi) is 4.69. The van der Waals surface area contributed by atoms with Crippen molar-refractivity contribution < 1.29 is 0 Å². The molecule has 5 heteroatoms. The zero-order chi connectivity index (χ0) is 16.4. The highest BCUT2D eigenvalue weighted by atomic mass is 15.3. The highest BCUT2D eigenvalue weighted by molar-refractivity contribution is 5.90. The molecule has 3 heterocycles. The number of piperazine rings is 1. The van der Waals surface area contributed by atoms with Crippen LogP contribution in [0, 0.1) is 0 Å². The lowest BCUT2D eigenvalue weighted by molar-refractivity contribution is 0.312. The van der Waals surface area contributed by atoms with Crippen molar-refractivity contribution in [2.75, 3.05) is 44.7 Å². The predicted octanol–water partition coefficient (Wildman–Crippen LogP) is 3.07. The first kappa shape index (κ1) is 15.9. The standard InChI is InChI=1S/C19H29N5/c1-23-11-13-24(14-12-23)19-17(15-7-9-20-10-8-15)18(21-22-19)16-5-3-2-4-6-16/h7,9,16H,2-6,8,10-14H2,1H3,(H,21,22). The average molecular weight is 327 g/mol. The third-order valence-corrected chi connectivity index (χ3v) is 5.80. The number of dihydropyridines is 1. The lowest BCUT2D eigenvalue weighted by Gasteiger charge is -2.33. The Labute approximate surface area is 144 Å². The molecule has 0 radical (unpaired) electrons. The molecule has 1 saturated carbocycles. The van der Waals surface area contributed by atoms with Crippen LogP contribution in [0.15, 0.2) is 11.1 Å². The van der Waals surface area contributed by atoms with Crippen LogP contribution in [0.25, 0.3) is 5.57 Å². The molecule has 0 amide bonds. The minimum Gasteiger partial charge on any atom is -0.352 e. The van der Waals surface area contributed by atoms with Crippen LogP contribution in [0.2, 0.25) is 0 Å². The topological polar surface area (TPSA) is 47.5 Å². The van der Waals surface area contributed by atoms with Gasteiger partial charge in [0.2, 0.25) is 0 Å². The Morgan fingerprint density at radius 2 is 1.88 bits per heavy atom. The number of rotatable bonds is 3. The Morgan fingerprint density at radius 1 is 1.08 bits per heavy atom. The van der Waals surface area contributed by atoms with Crippen molar-refractivity contribution in [3.05, 3.63) is 17.3 Å². The zero-order valence-corrected chi connectivity index (χ0v) is 14.8. The number of aromatic amines is 1. The molecule has 2 fully saturated rings. The molecule has 1 aromatic rings. The normalized spacial score (nSPS) is 23.5. The van der Waals surface area contributed by atoms with E-state index in [-0.39, 0.29) is 0 Å². The predicted molar refractivity (Wildman–Crippen MR) is 100 cm³/mol. The smallest absolute Gasteiger partial charge is 0.158 e. The van der Waals surface area contributed by atoms with Gasteiger partial charge < -0.3 is 9.80 Å². The van der Waals surface area contributed by atoms with Gasteiger partial charge in [-0.2, -0.15) is 5.10 Å². The van der Waals surface area contributed by atoms with E-state index in [0.29, 0.717) is 5.92 Å². The summed E-state index contributed by atoms with van der Waals surface area (Å²) in [7, 11) is 2.20. The van der Waals surface area contributed by atoms with Gasteiger partial charge in [0.15, 0.2) is 5.82 Å². The molecule has 3 aliphatic rings. The molecule has 0 aromatic carbocycles. The Morgan fingerprint density at radius 3 is 2.58 bits per heavy atom. The van der Waals surface area contributed by atoms with Gasteiger partial charge in [-0.3, -0.25) is 10.1 Å². The second-order valence-corrected chi connectivity index (χ2v) is 7.46. The number of hydrogen-bond acceptors (Lipinski definition) is 4. The molecule has 24 heavy (non-hydrogen) atoms. The molecule has 2 aliphatic heterocycles. The zero-order valence-electron chi connectivity index (χ0n) is 14.8. The first-order chi connectivity index (χ1) is 11.8. The number of hydrogen-bond donors (Lipinski definition) is 1. The summed E-state index contributed by atoms with van der Waals surface area (Å²) in [6.07, 6.45) is 11.9. The number of likely N-dealkylation sites (N-methyl/N-ethyl adjacent to an activating group) is 1. The van der Waals surface area contributed by atoms with E-state index >= 15 is 0 Å². The van der Waals surface area contributed by atoms with Gasteiger partial charge in [0.25, 0.3) is 0 Å². The van der Waals surface area contributed by atoms with Crippen molar-refractivity contribution in [2.24, 2.45) is 4.99 Å². The number of anilines is 1. The maximum atomic E-state index is 4.81. The van der Waals surface area contributed by atoms with Gasteiger partial charge in [-0.05, 0) is 38.0 Å². The van der Waals surface area contributed by atoms with E-state index in [1.165, 1.54) is 54.8 Å². The van der Waals surface area contributed by atoms with E-state index < -0.39 is 0 Å². The van der Waals surface area contributed by atoms with Crippen molar-refractivity contribution in [1.29, 1.82) is 0 Å². The Hall–Kier alpha value is -1.62. The first-order valence-electron chi connectivity index (χ1n) is 9.54. The maximum Gasteiger partial charge on any atom is 0.158 e. The summed E-state index contributed by atoms with van der Waals surface area (Å²) in [5.74, 6) is 1.84. The van der Waals surface area contributed by atoms with Gasteiger partial charge >= 0.3 is 0 Å². The third kappa shape index (κ3) is 3.14. The van der Waals surface area contributed by atoms with Crippen LogP contribution in [0.5, 0.6) is 0 Å². The van der Waals surface area contributed by atoms with Crippen molar-refractivity contribution in [2.45, 2.75) is 44.4 Å². The highest BCUT2D eigenvalue weighted by Gasteiger charge is 2.28. The molecular formula is C19H29N5. The molecule has 1 saturated heterocycles. The van der Waals surface area contributed by atoms with Gasteiger partial charge in [0, 0.05) is 56.1 Å². The minimum atomic E-state index is 0.655. The second kappa shape index (κ2) is 7.09. The first-order valence-corrected chi connectivity index (χ1v) is 9.54. The van der Waals surface area contributed by atoms with Crippen LogP contribution in [-0.2, 0) is 0 Å². The van der Waals surface area contributed by atoms with Gasteiger partial charge in [-0.1, -0.05) is 19.3 Å². The Balaban J connectivity index is 1.69. The molecule has 130 valence electrons. The summed E-state index contributed by atoms with van der Waals surface area (Å²) < 4.78 is 0. The van der Waals surface area contributed by atoms with Gasteiger partial charge in [-0.15, -0.1) is 0 Å². The monoisotopic (exact) mass is 327 g/mol. The van der Waals surface area contributed by atoms with E-state index in [1.807, 2.05) is 6.21 Å². The van der Waals surface area contributed by atoms with Gasteiger partial charge in [0.1, 0.15) is 0 Å². The number of H-pyrrole nitrogens is 1. The van der Waals surface area contributed by atoms with Gasteiger partial charge in [0.05, 0.1) is 0 Å². The lowest BCUT2D eigenvalue weighted by atomic mass is 9.83. The second-order valence-electron chi connectivity index (χ2n) is 7.46. The number of allylic oxidation sites excluding steroid dienone is 1. The molecule has 5 nitrogen and oxygen atoms in total. The maximum absolute atomic E-state index is 4.81. The SMILES string of the molecule is CN1CCN(c2n[nH]c(C3CCCCC3)c2C2=CC=NCC2)CC1. The van der Waals surface area contributed by atoms with Crippen molar-refractivity contribution in [3.63, 3.8) is 0 Å². The number of nitrogens with one attached hydrogen (secondary N) is 1. The van der Waals surface area contributed by atoms with E-state index in [0.717, 1.165) is 39.1 Å². The minimum absolute atomic E-state index is 0.655. The fraction of sp³-hybridized carbons (Fsp3) is 0.684. The quantitative estimate of drug-likeness (QED) is 0.928. The summed E-state index contributed by atoms with van der Waals surface area (Å²) >= 11 is 0. The van der Waals surface area contributed by atoms with Crippen LogP contribution in [0.1, 0.15) is 55.7 Å². The molecule has 4 rings (SSSR count). The fourth-order valence-electron chi connectivity index (χ4n) is 4.29. The van der Waals surface area contributed by atoms with Crippen LogP contribution in [-0.4, -0.2) is 61.1 Å². The van der Waals surface area contributed by atoms with Crippen LogP contribution >= 0.6 is 0 Å². The van der Waals surface area contributed by atoms with Crippen LogP contribution in [0.4, 0.5) is 5.82 Å². The average Bonchev–Trinajstić information content (AvgIpc) is 3.09. The molecule has 0 spiro atoms. The molecule has 0 bridgehead atoms. The summed E-state index contributed by atoms with van der Waals surface area (Å²) in [6, 6.07) is 0. The molecule has 0 unspecified atom stereocenters. The molecular weight excluding hydrogens is 298 g/mol. The van der Waals surface area contributed by atoms with E-state index in [4.69, 9.17) is 5.10 Å². The van der Waals surface area contributed by atoms with Crippen molar-refractivity contribution in [3.8, 4) is 0 Å². The molecule has 1 aromatic heterocycles. The molecule has 1 N–H and O–H groups in total.